The summed E-state index contributed by atoms with van der Waals surface area (Å²) in [6, 6.07) is 7.74. The van der Waals surface area contributed by atoms with E-state index in [1.807, 2.05) is 29.2 Å². The molecule has 0 aliphatic carbocycles. The van der Waals surface area contributed by atoms with E-state index in [0.29, 0.717) is 11.7 Å². The van der Waals surface area contributed by atoms with Crippen molar-refractivity contribution in [3.05, 3.63) is 48.4 Å². The summed E-state index contributed by atoms with van der Waals surface area (Å²) in [5.74, 6) is 1.83. The van der Waals surface area contributed by atoms with Crippen molar-refractivity contribution in [1.29, 1.82) is 0 Å². The zero-order chi connectivity index (χ0) is 20.1. The number of piperidine rings is 2. The van der Waals surface area contributed by atoms with Gasteiger partial charge in [0, 0.05) is 50.8 Å². The zero-order valence-electron chi connectivity index (χ0n) is 16.7. The number of hydrogen-bond donors (Lipinski definition) is 1. The highest BCUT2D eigenvalue weighted by atomic mass is 16.5. The molecule has 0 atom stereocenters. The number of hydrogen-bond acceptors (Lipinski definition) is 6. The molecule has 2 aliphatic heterocycles. The molecule has 7 heteroatoms. The quantitative estimate of drug-likeness (QED) is 0.837. The number of aromatic nitrogens is 2. The van der Waals surface area contributed by atoms with Crippen molar-refractivity contribution in [2.45, 2.75) is 38.3 Å². The molecule has 154 valence electrons. The van der Waals surface area contributed by atoms with Crippen LogP contribution in [-0.2, 0) is 11.3 Å². The van der Waals surface area contributed by atoms with Crippen LogP contribution in [0.2, 0.25) is 0 Å². The van der Waals surface area contributed by atoms with Crippen molar-refractivity contribution in [2.75, 3.05) is 31.9 Å². The molecule has 0 bridgehead atoms. The number of amides is 1. The molecule has 7 nitrogen and oxygen atoms in total. The Morgan fingerprint density at radius 3 is 2.59 bits per heavy atom. The van der Waals surface area contributed by atoms with Crippen LogP contribution in [0.1, 0.15) is 31.2 Å². The second-order valence-corrected chi connectivity index (χ2v) is 7.97. The van der Waals surface area contributed by atoms with E-state index in [-0.39, 0.29) is 12.0 Å². The molecule has 29 heavy (non-hydrogen) atoms. The Morgan fingerprint density at radius 2 is 1.90 bits per heavy atom. The number of nitrogen functional groups attached to an aromatic ring is 1. The lowest BCUT2D eigenvalue weighted by Gasteiger charge is -2.37. The second kappa shape index (κ2) is 9.22. The first-order valence-corrected chi connectivity index (χ1v) is 10.5. The monoisotopic (exact) mass is 395 g/mol. The van der Waals surface area contributed by atoms with Crippen LogP contribution in [0.25, 0.3) is 0 Å². The third kappa shape index (κ3) is 5.23. The fourth-order valence-corrected chi connectivity index (χ4v) is 4.25. The first kappa shape index (κ1) is 19.6. The minimum absolute atomic E-state index is 0.143. The standard InChI is InChI=1S/C22H29N5O2/c23-21-14-17(3-9-25-21)16-26-10-4-18(5-11-26)22(28)27-12-6-19(7-13-27)29-20-2-1-8-24-15-20/h1-3,8-9,14-15,18-19H,4-7,10-13,16H2,(H2,23,25). The molecule has 2 aromatic heterocycles. The summed E-state index contributed by atoms with van der Waals surface area (Å²) in [7, 11) is 0. The molecule has 0 radical (unpaired) electrons. The number of likely N-dealkylation sites (tertiary alicyclic amines) is 2. The molecule has 4 rings (SSSR count). The molecule has 2 N–H and O–H groups in total. The number of nitrogens with zero attached hydrogens (tertiary/aromatic N) is 4. The van der Waals surface area contributed by atoms with Crippen LogP contribution in [0, 0.1) is 5.92 Å². The van der Waals surface area contributed by atoms with E-state index < -0.39 is 0 Å². The Morgan fingerprint density at radius 1 is 1.10 bits per heavy atom. The summed E-state index contributed by atoms with van der Waals surface area (Å²) in [4.78, 5) is 25.5. The number of nitrogens with two attached hydrogens (primary N) is 1. The third-order valence-corrected chi connectivity index (χ3v) is 5.88. The largest absolute Gasteiger partial charge is 0.489 e. The summed E-state index contributed by atoms with van der Waals surface area (Å²) in [5, 5.41) is 0. The van der Waals surface area contributed by atoms with Crippen LogP contribution in [0.4, 0.5) is 5.82 Å². The van der Waals surface area contributed by atoms with Gasteiger partial charge in [0.15, 0.2) is 0 Å². The predicted molar refractivity (Wildman–Crippen MR) is 111 cm³/mol. The van der Waals surface area contributed by atoms with Crippen molar-refractivity contribution in [3.63, 3.8) is 0 Å². The van der Waals surface area contributed by atoms with Crippen molar-refractivity contribution in [1.82, 2.24) is 19.8 Å². The van der Waals surface area contributed by atoms with Gasteiger partial charge >= 0.3 is 0 Å². The fourth-order valence-electron chi connectivity index (χ4n) is 4.25. The van der Waals surface area contributed by atoms with E-state index in [9.17, 15) is 4.79 Å². The van der Waals surface area contributed by atoms with Crippen LogP contribution in [-0.4, -0.2) is 58.0 Å². The van der Waals surface area contributed by atoms with Crippen LogP contribution >= 0.6 is 0 Å². The van der Waals surface area contributed by atoms with Crippen LogP contribution < -0.4 is 10.5 Å². The molecule has 2 aliphatic rings. The van der Waals surface area contributed by atoms with Gasteiger partial charge in [0.1, 0.15) is 17.7 Å². The smallest absolute Gasteiger partial charge is 0.225 e. The SMILES string of the molecule is Nc1cc(CN2CCC(C(=O)N3CCC(Oc4cccnc4)CC3)CC2)ccn1. The van der Waals surface area contributed by atoms with E-state index in [4.69, 9.17) is 10.5 Å². The van der Waals surface area contributed by atoms with Crippen LogP contribution in [0.5, 0.6) is 5.75 Å². The summed E-state index contributed by atoms with van der Waals surface area (Å²) in [5.41, 5.74) is 6.95. The molecule has 1 amide bonds. The summed E-state index contributed by atoms with van der Waals surface area (Å²) < 4.78 is 5.99. The fraction of sp³-hybridized carbons (Fsp3) is 0.500. The molecular formula is C22H29N5O2. The Hall–Kier alpha value is -2.67. The van der Waals surface area contributed by atoms with Crippen molar-refractivity contribution in [2.24, 2.45) is 5.92 Å². The normalized spacial score (nSPS) is 19.2. The number of rotatable bonds is 5. The van der Waals surface area contributed by atoms with Gasteiger partial charge in [0.25, 0.3) is 0 Å². The number of ether oxygens (including phenoxy) is 1. The van der Waals surface area contributed by atoms with Gasteiger partial charge in [0.05, 0.1) is 6.20 Å². The summed E-state index contributed by atoms with van der Waals surface area (Å²) >= 11 is 0. The third-order valence-electron chi connectivity index (χ3n) is 5.88. The molecule has 0 saturated carbocycles. The minimum Gasteiger partial charge on any atom is -0.489 e. The molecule has 4 heterocycles. The van der Waals surface area contributed by atoms with Crippen LogP contribution in [0.3, 0.4) is 0 Å². The summed E-state index contributed by atoms with van der Waals surface area (Å²) in [6.45, 7) is 4.31. The maximum absolute atomic E-state index is 13.0. The van der Waals surface area contributed by atoms with E-state index in [0.717, 1.165) is 64.2 Å². The number of anilines is 1. The van der Waals surface area contributed by atoms with E-state index in [2.05, 4.69) is 14.9 Å². The average Bonchev–Trinajstić information content (AvgIpc) is 2.75. The van der Waals surface area contributed by atoms with Crippen molar-refractivity contribution >= 4 is 11.7 Å². The first-order valence-electron chi connectivity index (χ1n) is 10.5. The lowest BCUT2D eigenvalue weighted by molar-refractivity contribution is -0.139. The Kier molecular flexibility index (Phi) is 6.24. The topological polar surface area (TPSA) is 84.6 Å². The lowest BCUT2D eigenvalue weighted by atomic mass is 9.94. The number of pyridine rings is 2. The number of carbonyl (C=O) groups excluding carboxylic acids is 1. The Balaban J connectivity index is 1.21. The molecule has 0 unspecified atom stereocenters. The predicted octanol–water partition coefficient (Wildman–Crippen LogP) is 2.34. The highest BCUT2D eigenvalue weighted by molar-refractivity contribution is 5.79. The van der Waals surface area contributed by atoms with Gasteiger partial charge in [0.2, 0.25) is 5.91 Å². The molecule has 2 saturated heterocycles. The molecule has 0 spiro atoms. The number of carbonyl (C=O) groups is 1. The van der Waals surface area contributed by atoms with Crippen molar-refractivity contribution < 1.29 is 9.53 Å². The lowest BCUT2D eigenvalue weighted by Crippen LogP contribution is -2.46. The molecular weight excluding hydrogens is 366 g/mol. The van der Waals surface area contributed by atoms with E-state index in [1.54, 1.807) is 18.6 Å². The minimum atomic E-state index is 0.143. The Bertz CT molecular complexity index is 800. The first-order chi connectivity index (χ1) is 14.2. The van der Waals surface area contributed by atoms with E-state index >= 15 is 0 Å². The maximum atomic E-state index is 13.0. The van der Waals surface area contributed by atoms with Gasteiger partial charge in [-0.2, -0.15) is 0 Å². The second-order valence-electron chi connectivity index (χ2n) is 7.97. The highest BCUT2D eigenvalue weighted by Gasteiger charge is 2.31. The molecule has 2 fully saturated rings. The van der Waals surface area contributed by atoms with Gasteiger partial charge in [-0.05, 0) is 55.8 Å². The molecule has 2 aromatic rings. The van der Waals surface area contributed by atoms with Gasteiger partial charge < -0.3 is 15.4 Å². The Labute approximate surface area is 171 Å². The van der Waals surface area contributed by atoms with E-state index in [1.165, 1.54) is 5.56 Å². The van der Waals surface area contributed by atoms with Crippen LogP contribution in [0.15, 0.2) is 42.9 Å². The zero-order valence-corrected chi connectivity index (χ0v) is 16.7. The maximum Gasteiger partial charge on any atom is 0.225 e. The van der Waals surface area contributed by atoms with Gasteiger partial charge in [-0.1, -0.05) is 0 Å². The van der Waals surface area contributed by atoms with Gasteiger partial charge in [-0.3, -0.25) is 14.7 Å². The van der Waals surface area contributed by atoms with Crippen molar-refractivity contribution in [3.8, 4) is 5.75 Å². The van der Waals surface area contributed by atoms with Gasteiger partial charge in [-0.15, -0.1) is 0 Å². The highest BCUT2D eigenvalue weighted by Crippen LogP contribution is 2.24. The average molecular weight is 396 g/mol. The summed E-state index contributed by atoms with van der Waals surface area (Å²) in [6.07, 6.45) is 9.00. The molecule has 0 aromatic carbocycles. The van der Waals surface area contributed by atoms with Gasteiger partial charge in [-0.25, -0.2) is 4.98 Å².